The van der Waals surface area contributed by atoms with Gasteiger partial charge in [0.05, 0.1) is 6.54 Å². The fourth-order valence-electron chi connectivity index (χ4n) is 1.56. The minimum atomic E-state index is -4.60. The van der Waals surface area contributed by atoms with E-state index >= 15 is 0 Å². The molecule has 0 spiro atoms. The van der Waals surface area contributed by atoms with Gasteiger partial charge in [0.2, 0.25) is 5.82 Å². The number of alkyl halides is 3. The molecular weight excluding hydrogens is 263 g/mol. The molecule has 0 radical (unpaired) electrons. The lowest BCUT2D eigenvalue weighted by Crippen LogP contribution is -2.42. The van der Waals surface area contributed by atoms with Crippen molar-refractivity contribution in [2.24, 2.45) is 5.14 Å². The van der Waals surface area contributed by atoms with E-state index in [0.29, 0.717) is 0 Å². The topological polar surface area (TPSA) is 94.1 Å². The van der Waals surface area contributed by atoms with E-state index in [0.717, 1.165) is 8.87 Å². The molecule has 2 rings (SSSR count). The fraction of sp³-hybridized carbons (Fsp3) is 0.667. The Morgan fingerprint density at radius 3 is 2.41 bits per heavy atom. The van der Waals surface area contributed by atoms with E-state index in [1.807, 2.05) is 0 Å². The van der Waals surface area contributed by atoms with Crippen LogP contribution in [0.4, 0.5) is 13.2 Å². The third-order valence-corrected chi connectivity index (χ3v) is 3.36. The standard InChI is InChI=1S/C6H8F3N5O2S/c7-6(8,9)5-12-11-4-3-13(17(10,15)16)1-2-14(4)5/h1-3H2,(H2,10,15,16). The summed E-state index contributed by atoms with van der Waals surface area (Å²) in [5, 5.41) is 11.2. The van der Waals surface area contributed by atoms with Gasteiger partial charge in [0.25, 0.3) is 10.2 Å². The predicted octanol–water partition coefficient (Wildman–Crippen LogP) is -0.684. The molecule has 0 bridgehead atoms. The summed E-state index contributed by atoms with van der Waals surface area (Å²) in [7, 11) is -3.92. The van der Waals surface area contributed by atoms with Gasteiger partial charge in [-0.1, -0.05) is 0 Å². The normalized spacial score (nSPS) is 18.1. The van der Waals surface area contributed by atoms with Gasteiger partial charge in [0.15, 0.2) is 0 Å². The Bertz CT molecular complexity index is 536. The number of hydrogen-bond acceptors (Lipinski definition) is 4. The molecule has 1 aliphatic heterocycles. The highest BCUT2D eigenvalue weighted by atomic mass is 32.2. The number of nitrogens with two attached hydrogens (primary N) is 1. The van der Waals surface area contributed by atoms with Crippen LogP contribution in [-0.4, -0.2) is 34.0 Å². The van der Waals surface area contributed by atoms with Crippen LogP contribution in [0.15, 0.2) is 0 Å². The zero-order valence-corrected chi connectivity index (χ0v) is 9.16. The molecule has 0 saturated heterocycles. The van der Waals surface area contributed by atoms with Gasteiger partial charge in [0.1, 0.15) is 5.82 Å². The van der Waals surface area contributed by atoms with Crippen molar-refractivity contribution in [2.75, 3.05) is 6.54 Å². The van der Waals surface area contributed by atoms with Crippen molar-refractivity contribution in [3.05, 3.63) is 11.6 Å². The Labute approximate surface area is 94.2 Å². The molecule has 96 valence electrons. The molecule has 2 N–H and O–H groups in total. The zero-order chi connectivity index (χ0) is 12.8. The van der Waals surface area contributed by atoms with Gasteiger partial charge in [-0.25, -0.2) is 5.14 Å². The monoisotopic (exact) mass is 271 g/mol. The minimum Gasteiger partial charge on any atom is -0.305 e. The quantitative estimate of drug-likeness (QED) is 0.732. The van der Waals surface area contributed by atoms with Gasteiger partial charge < -0.3 is 4.57 Å². The van der Waals surface area contributed by atoms with E-state index in [4.69, 9.17) is 5.14 Å². The summed E-state index contributed by atoms with van der Waals surface area (Å²) in [6.45, 7) is -0.609. The van der Waals surface area contributed by atoms with Crippen molar-refractivity contribution in [1.82, 2.24) is 19.1 Å². The SMILES string of the molecule is NS(=O)(=O)N1CCn2c(nnc2C(F)(F)F)C1. The average molecular weight is 271 g/mol. The number of aromatic nitrogens is 3. The first kappa shape index (κ1) is 12.3. The van der Waals surface area contributed by atoms with Crippen LogP contribution in [0.5, 0.6) is 0 Å². The molecular formula is C6H8F3N5O2S. The molecule has 0 fully saturated rings. The molecule has 17 heavy (non-hydrogen) atoms. The maximum Gasteiger partial charge on any atom is 0.451 e. The summed E-state index contributed by atoms with van der Waals surface area (Å²) in [4.78, 5) is 0. The van der Waals surface area contributed by atoms with Crippen LogP contribution in [0.1, 0.15) is 11.6 Å². The van der Waals surface area contributed by atoms with E-state index in [1.165, 1.54) is 0 Å². The molecule has 2 heterocycles. The smallest absolute Gasteiger partial charge is 0.305 e. The largest absolute Gasteiger partial charge is 0.451 e. The van der Waals surface area contributed by atoms with E-state index in [-0.39, 0.29) is 25.5 Å². The van der Waals surface area contributed by atoms with Crippen LogP contribution in [0, 0.1) is 0 Å². The highest BCUT2D eigenvalue weighted by Crippen LogP contribution is 2.29. The van der Waals surface area contributed by atoms with Gasteiger partial charge in [-0.3, -0.25) is 0 Å². The number of nitrogens with zero attached hydrogens (tertiary/aromatic N) is 4. The van der Waals surface area contributed by atoms with Crippen molar-refractivity contribution in [1.29, 1.82) is 0 Å². The third-order valence-electron chi connectivity index (χ3n) is 2.33. The molecule has 0 unspecified atom stereocenters. The van der Waals surface area contributed by atoms with Crippen molar-refractivity contribution in [3.8, 4) is 0 Å². The Balaban J connectivity index is 2.34. The number of fused-ring (bicyclic) bond motifs is 1. The van der Waals surface area contributed by atoms with Gasteiger partial charge in [0, 0.05) is 13.1 Å². The van der Waals surface area contributed by atoms with Gasteiger partial charge in [-0.2, -0.15) is 25.9 Å². The molecule has 1 aromatic heterocycles. The summed E-state index contributed by atoms with van der Waals surface area (Å²) in [5.41, 5.74) is 0. The maximum atomic E-state index is 12.5. The number of halogens is 3. The Morgan fingerprint density at radius 2 is 1.88 bits per heavy atom. The van der Waals surface area contributed by atoms with Crippen molar-refractivity contribution in [2.45, 2.75) is 19.3 Å². The van der Waals surface area contributed by atoms with E-state index in [1.54, 1.807) is 0 Å². The van der Waals surface area contributed by atoms with Crippen LogP contribution in [0.2, 0.25) is 0 Å². The summed E-state index contributed by atoms with van der Waals surface area (Å²) in [5.74, 6) is -1.20. The van der Waals surface area contributed by atoms with E-state index in [9.17, 15) is 21.6 Å². The highest BCUT2D eigenvalue weighted by Gasteiger charge is 2.40. The minimum absolute atomic E-state index is 0.0717. The fourth-order valence-corrected chi connectivity index (χ4v) is 2.19. The molecule has 0 atom stereocenters. The molecule has 0 saturated carbocycles. The average Bonchev–Trinajstić information content (AvgIpc) is 2.57. The van der Waals surface area contributed by atoms with Crippen LogP contribution in [-0.2, 0) is 29.5 Å². The third kappa shape index (κ3) is 2.25. The van der Waals surface area contributed by atoms with Gasteiger partial charge in [-0.15, -0.1) is 10.2 Å². The lowest BCUT2D eigenvalue weighted by Gasteiger charge is -2.25. The second-order valence-corrected chi connectivity index (χ2v) is 5.01. The van der Waals surface area contributed by atoms with Crippen LogP contribution in [0.3, 0.4) is 0 Å². The number of rotatable bonds is 1. The Kier molecular flexibility index (Phi) is 2.63. The van der Waals surface area contributed by atoms with Crippen LogP contribution in [0.25, 0.3) is 0 Å². The maximum absolute atomic E-state index is 12.5. The van der Waals surface area contributed by atoms with Crippen molar-refractivity contribution in [3.63, 3.8) is 0 Å². The van der Waals surface area contributed by atoms with Crippen LogP contribution >= 0.6 is 0 Å². The molecule has 0 aliphatic carbocycles. The zero-order valence-electron chi connectivity index (χ0n) is 8.35. The summed E-state index contributed by atoms with van der Waals surface area (Å²) in [6.07, 6.45) is -4.60. The summed E-state index contributed by atoms with van der Waals surface area (Å²) < 4.78 is 61.1. The molecule has 1 aromatic rings. The van der Waals surface area contributed by atoms with Crippen molar-refractivity contribution < 1.29 is 21.6 Å². The molecule has 1 aliphatic rings. The van der Waals surface area contributed by atoms with E-state index < -0.39 is 22.2 Å². The number of hydrogen-bond donors (Lipinski definition) is 1. The lowest BCUT2D eigenvalue weighted by atomic mass is 10.4. The first-order valence-electron chi connectivity index (χ1n) is 4.47. The summed E-state index contributed by atoms with van der Waals surface area (Å²) in [6, 6.07) is 0. The van der Waals surface area contributed by atoms with Crippen molar-refractivity contribution >= 4 is 10.2 Å². The van der Waals surface area contributed by atoms with Gasteiger partial charge >= 0.3 is 6.18 Å². The Hall–Kier alpha value is -1.20. The second-order valence-electron chi connectivity index (χ2n) is 3.47. The predicted molar refractivity (Wildman–Crippen MR) is 48.5 cm³/mol. The Morgan fingerprint density at radius 1 is 1.24 bits per heavy atom. The van der Waals surface area contributed by atoms with E-state index in [2.05, 4.69) is 10.2 Å². The first-order chi connectivity index (χ1) is 7.69. The van der Waals surface area contributed by atoms with Crippen LogP contribution < -0.4 is 5.14 Å². The lowest BCUT2D eigenvalue weighted by molar-refractivity contribution is -0.147. The molecule has 0 aromatic carbocycles. The molecule has 7 nitrogen and oxygen atoms in total. The first-order valence-corrected chi connectivity index (χ1v) is 5.97. The molecule has 11 heteroatoms. The molecule has 0 amide bonds. The highest BCUT2D eigenvalue weighted by molar-refractivity contribution is 7.86. The second kappa shape index (κ2) is 3.65. The van der Waals surface area contributed by atoms with Gasteiger partial charge in [-0.05, 0) is 0 Å². The summed E-state index contributed by atoms with van der Waals surface area (Å²) >= 11 is 0.